The molecule has 3 heteroatoms. The second kappa shape index (κ2) is 7.42. The van der Waals surface area contributed by atoms with Crippen LogP contribution in [0.15, 0.2) is 18.2 Å². The van der Waals surface area contributed by atoms with Gasteiger partial charge >= 0.3 is 0 Å². The lowest BCUT2D eigenvalue weighted by Crippen LogP contribution is -2.35. The molecular weight excluding hydrogens is 273 g/mol. The Kier molecular flexibility index (Phi) is 5.86. The molecule has 2 rings (SSSR count). The number of hydrogen-bond acceptors (Lipinski definition) is 1. The van der Waals surface area contributed by atoms with Crippen molar-refractivity contribution in [2.24, 2.45) is 5.92 Å². The molecule has 1 aliphatic rings. The molecule has 112 valence electrons. The second-order valence-electron chi connectivity index (χ2n) is 6.09. The van der Waals surface area contributed by atoms with Crippen molar-refractivity contribution < 1.29 is 4.39 Å². The van der Waals surface area contributed by atoms with Gasteiger partial charge in [0.1, 0.15) is 5.82 Å². The molecule has 1 fully saturated rings. The van der Waals surface area contributed by atoms with E-state index in [1.165, 1.54) is 50.7 Å². The fourth-order valence-electron chi connectivity index (χ4n) is 3.28. The number of benzene rings is 1. The van der Waals surface area contributed by atoms with E-state index in [1.807, 2.05) is 0 Å². The molecule has 2 atom stereocenters. The Hall–Kier alpha value is -0.600. The van der Waals surface area contributed by atoms with Crippen LogP contribution in [0, 0.1) is 11.7 Å². The zero-order valence-corrected chi connectivity index (χ0v) is 13.2. The van der Waals surface area contributed by atoms with Gasteiger partial charge < -0.3 is 5.32 Å². The topological polar surface area (TPSA) is 12.0 Å². The molecule has 0 heterocycles. The summed E-state index contributed by atoms with van der Waals surface area (Å²) in [5.74, 6) is 0.474. The molecule has 1 unspecified atom stereocenters. The molecule has 0 aromatic heterocycles. The molecule has 0 amide bonds. The molecule has 1 aromatic rings. The summed E-state index contributed by atoms with van der Waals surface area (Å²) in [6, 6.07) is 5.29. The maximum Gasteiger partial charge on any atom is 0.124 e. The Labute approximate surface area is 126 Å². The largest absolute Gasteiger partial charge is 0.307 e. The highest BCUT2D eigenvalue weighted by Gasteiger charge is 2.21. The maximum atomic E-state index is 13.1. The van der Waals surface area contributed by atoms with Gasteiger partial charge in [-0.25, -0.2) is 4.39 Å². The van der Waals surface area contributed by atoms with Crippen LogP contribution in [0.2, 0.25) is 5.02 Å². The van der Waals surface area contributed by atoms with E-state index in [-0.39, 0.29) is 11.9 Å². The average molecular weight is 298 g/mol. The summed E-state index contributed by atoms with van der Waals surface area (Å²) in [5.41, 5.74) is 0.980. The van der Waals surface area contributed by atoms with Crippen LogP contribution in [0.1, 0.15) is 64.0 Å². The van der Waals surface area contributed by atoms with Crippen molar-refractivity contribution in [3.8, 4) is 0 Å². The fourth-order valence-corrected chi connectivity index (χ4v) is 3.61. The Morgan fingerprint density at radius 3 is 2.40 bits per heavy atom. The van der Waals surface area contributed by atoms with E-state index in [0.29, 0.717) is 11.1 Å². The maximum absolute atomic E-state index is 13.1. The van der Waals surface area contributed by atoms with E-state index >= 15 is 0 Å². The lowest BCUT2D eigenvalue weighted by molar-refractivity contribution is 0.316. The summed E-state index contributed by atoms with van der Waals surface area (Å²) in [7, 11) is 0. The third-order valence-corrected chi connectivity index (χ3v) is 4.88. The molecule has 20 heavy (non-hydrogen) atoms. The van der Waals surface area contributed by atoms with Crippen molar-refractivity contribution in [2.75, 3.05) is 0 Å². The fraction of sp³-hybridized carbons (Fsp3) is 0.647. The lowest BCUT2D eigenvalue weighted by Gasteiger charge is -2.27. The van der Waals surface area contributed by atoms with Crippen LogP contribution in [-0.2, 0) is 0 Å². The van der Waals surface area contributed by atoms with Crippen molar-refractivity contribution in [1.82, 2.24) is 5.32 Å². The zero-order chi connectivity index (χ0) is 14.5. The Balaban J connectivity index is 1.97. The Morgan fingerprint density at radius 1 is 1.15 bits per heavy atom. The third kappa shape index (κ3) is 4.20. The van der Waals surface area contributed by atoms with E-state index in [9.17, 15) is 4.39 Å². The Morgan fingerprint density at radius 2 is 1.80 bits per heavy atom. The molecule has 1 aliphatic carbocycles. The van der Waals surface area contributed by atoms with E-state index in [0.717, 1.165) is 11.5 Å². The molecule has 1 aromatic carbocycles. The van der Waals surface area contributed by atoms with Crippen LogP contribution in [-0.4, -0.2) is 6.04 Å². The molecule has 0 bridgehead atoms. The van der Waals surface area contributed by atoms with Crippen LogP contribution in [0.3, 0.4) is 0 Å². The van der Waals surface area contributed by atoms with Crippen molar-refractivity contribution in [3.05, 3.63) is 34.6 Å². The standard InChI is InChI=1S/C17H25ClFN/c1-12(14-7-5-3-4-6-8-14)20-13(2)16-10-9-15(19)11-17(16)18/h9-14,20H,3-8H2,1-2H3/t12-,13?/m1/s1. The van der Waals surface area contributed by atoms with E-state index in [2.05, 4.69) is 19.2 Å². The second-order valence-corrected chi connectivity index (χ2v) is 6.50. The highest BCUT2D eigenvalue weighted by Crippen LogP contribution is 2.28. The van der Waals surface area contributed by atoms with Gasteiger partial charge in [-0.2, -0.15) is 0 Å². The molecule has 1 nitrogen and oxygen atoms in total. The van der Waals surface area contributed by atoms with Crippen LogP contribution in [0.5, 0.6) is 0 Å². The lowest BCUT2D eigenvalue weighted by atomic mass is 9.92. The molecule has 0 saturated heterocycles. The van der Waals surface area contributed by atoms with Gasteiger partial charge in [0.25, 0.3) is 0 Å². The quantitative estimate of drug-likeness (QED) is 0.725. The summed E-state index contributed by atoms with van der Waals surface area (Å²) >= 11 is 6.14. The zero-order valence-electron chi connectivity index (χ0n) is 12.5. The van der Waals surface area contributed by atoms with Crippen molar-refractivity contribution in [1.29, 1.82) is 0 Å². The van der Waals surface area contributed by atoms with Gasteiger partial charge in [-0.15, -0.1) is 0 Å². The average Bonchev–Trinajstić information content (AvgIpc) is 2.67. The summed E-state index contributed by atoms with van der Waals surface area (Å²) in [5, 5.41) is 4.16. The van der Waals surface area contributed by atoms with Gasteiger partial charge in [0.05, 0.1) is 0 Å². The minimum Gasteiger partial charge on any atom is -0.307 e. The summed E-state index contributed by atoms with van der Waals surface area (Å²) in [6.45, 7) is 4.37. The number of rotatable bonds is 4. The summed E-state index contributed by atoms with van der Waals surface area (Å²) in [4.78, 5) is 0. The highest BCUT2D eigenvalue weighted by atomic mass is 35.5. The molecular formula is C17H25ClFN. The predicted octanol–water partition coefficient (Wildman–Crippen LogP) is 5.49. The first-order valence-electron chi connectivity index (χ1n) is 7.79. The minimum atomic E-state index is -0.275. The summed E-state index contributed by atoms with van der Waals surface area (Å²) < 4.78 is 13.1. The third-order valence-electron chi connectivity index (χ3n) is 4.55. The van der Waals surface area contributed by atoms with E-state index in [1.54, 1.807) is 6.07 Å². The van der Waals surface area contributed by atoms with Crippen LogP contribution in [0.4, 0.5) is 4.39 Å². The smallest absolute Gasteiger partial charge is 0.124 e. The van der Waals surface area contributed by atoms with E-state index in [4.69, 9.17) is 11.6 Å². The van der Waals surface area contributed by atoms with Gasteiger partial charge in [0.2, 0.25) is 0 Å². The number of nitrogens with one attached hydrogen (secondary N) is 1. The number of hydrogen-bond donors (Lipinski definition) is 1. The van der Waals surface area contributed by atoms with Gasteiger partial charge in [0, 0.05) is 17.1 Å². The molecule has 1 N–H and O–H groups in total. The SMILES string of the molecule is CC(N[C@H](C)C1CCCCCC1)c1ccc(F)cc1Cl. The first-order chi connectivity index (χ1) is 9.58. The highest BCUT2D eigenvalue weighted by molar-refractivity contribution is 6.31. The van der Waals surface area contributed by atoms with Gasteiger partial charge in [-0.1, -0.05) is 43.4 Å². The van der Waals surface area contributed by atoms with Crippen LogP contribution < -0.4 is 5.32 Å². The molecule has 1 saturated carbocycles. The Bertz CT molecular complexity index is 427. The van der Waals surface area contributed by atoms with Crippen molar-refractivity contribution >= 4 is 11.6 Å². The van der Waals surface area contributed by atoms with Gasteiger partial charge in [-0.3, -0.25) is 0 Å². The summed E-state index contributed by atoms with van der Waals surface area (Å²) in [6.07, 6.45) is 8.09. The first-order valence-corrected chi connectivity index (χ1v) is 8.16. The predicted molar refractivity (Wildman–Crippen MR) is 83.6 cm³/mol. The van der Waals surface area contributed by atoms with Crippen LogP contribution >= 0.6 is 11.6 Å². The van der Waals surface area contributed by atoms with Crippen LogP contribution in [0.25, 0.3) is 0 Å². The first kappa shape index (κ1) is 15.8. The van der Waals surface area contributed by atoms with E-state index < -0.39 is 0 Å². The molecule has 0 spiro atoms. The normalized spacial score (nSPS) is 20.4. The van der Waals surface area contributed by atoms with Crippen molar-refractivity contribution in [2.45, 2.75) is 64.5 Å². The number of halogens is 2. The molecule has 0 radical (unpaired) electrons. The van der Waals surface area contributed by atoms with Gasteiger partial charge in [0.15, 0.2) is 0 Å². The molecule has 0 aliphatic heterocycles. The minimum absolute atomic E-state index is 0.154. The monoisotopic (exact) mass is 297 g/mol. The van der Waals surface area contributed by atoms with Gasteiger partial charge in [-0.05, 0) is 50.3 Å². The van der Waals surface area contributed by atoms with Crippen molar-refractivity contribution in [3.63, 3.8) is 0 Å².